The van der Waals surface area contributed by atoms with Gasteiger partial charge in [0, 0.05) is 38.4 Å². The van der Waals surface area contributed by atoms with Crippen molar-refractivity contribution in [3.05, 3.63) is 151 Å². The highest BCUT2D eigenvalue weighted by Gasteiger charge is 2.17. The van der Waals surface area contributed by atoms with Gasteiger partial charge in [-0.1, -0.05) is 120 Å². The molecule has 0 bridgehead atoms. The van der Waals surface area contributed by atoms with Gasteiger partial charge in [-0.15, -0.1) is 0 Å². The summed E-state index contributed by atoms with van der Waals surface area (Å²) in [6, 6.07) is 48.7. The van der Waals surface area contributed by atoms with Crippen molar-refractivity contribution in [1.82, 2.24) is 23.7 Å². The highest BCUT2D eigenvalue weighted by atomic mass is 32.1. The molecule has 0 aliphatic heterocycles. The number of benzene rings is 6. The molecule has 0 unspecified atom stereocenters. The fourth-order valence-corrected chi connectivity index (χ4v) is 7.03. The average molecular weight is 648 g/mol. The third-order valence-corrected chi connectivity index (χ3v) is 9.65. The van der Waals surface area contributed by atoms with Crippen molar-refractivity contribution in [3.63, 3.8) is 0 Å². The van der Waals surface area contributed by atoms with Crippen molar-refractivity contribution in [3.8, 4) is 56.3 Å². The second kappa shape index (κ2) is 11.8. The largest absolute Gasteiger partial charge is 0.247 e. The van der Waals surface area contributed by atoms with E-state index in [-0.39, 0.29) is 0 Å². The maximum Gasteiger partial charge on any atom is 0.160 e. The van der Waals surface area contributed by atoms with E-state index >= 15 is 0 Å². The predicted molar refractivity (Wildman–Crippen MR) is 202 cm³/mol. The van der Waals surface area contributed by atoms with Crippen molar-refractivity contribution in [2.45, 2.75) is 13.8 Å². The maximum atomic E-state index is 5.27. The van der Waals surface area contributed by atoms with Crippen LogP contribution in [0.2, 0.25) is 0 Å². The van der Waals surface area contributed by atoms with Crippen LogP contribution in [0.5, 0.6) is 0 Å². The Morgan fingerprint density at radius 1 is 0.429 bits per heavy atom. The van der Waals surface area contributed by atoms with E-state index in [0.29, 0.717) is 5.82 Å². The highest BCUT2D eigenvalue weighted by Crippen LogP contribution is 2.38. The van der Waals surface area contributed by atoms with Crippen LogP contribution in [0.15, 0.2) is 140 Å². The van der Waals surface area contributed by atoms with Crippen LogP contribution in [0.25, 0.3) is 89.0 Å². The van der Waals surface area contributed by atoms with Crippen molar-refractivity contribution < 1.29 is 0 Å². The first kappa shape index (κ1) is 29.1. The fourth-order valence-electron chi connectivity index (χ4n) is 6.49. The minimum absolute atomic E-state index is 0.705. The van der Waals surface area contributed by atoms with Crippen LogP contribution >= 0.6 is 11.7 Å². The quantitative estimate of drug-likeness (QED) is 0.174. The highest BCUT2D eigenvalue weighted by molar-refractivity contribution is 7.00. The van der Waals surface area contributed by atoms with Crippen molar-refractivity contribution in [2.75, 3.05) is 0 Å². The summed E-state index contributed by atoms with van der Waals surface area (Å²) in [5.74, 6) is 0.705. The van der Waals surface area contributed by atoms with Gasteiger partial charge in [-0.25, -0.2) is 15.0 Å². The third-order valence-electron chi connectivity index (χ3n) is 9.10. The monoisotopic (exact) mass is 647 g/mol. The Bertz CT molecular complexity index is 2600. The molecule has 6 aromatic carbocycles. The van der Waals surface area contributed by atoms with E-state index in [0.717, 1.165) is 83.2 Å². The van der Waals surface area contributed by atoms with Crippen LogP contribution in [0, 0.1) is 13.8 Å². The normalized spacial score (nSPS) is 11.5. The van der Waals surface area contributed by atoms with E-state index in [2.05, 4.69) is 146 Å². The van der Waals surface area contributed by atoms with Crippen molar-refractivity contribution in [2.24, 2.45) is 0 Å². The van der Waals surface area contributed by atoms with Crippen LogP contribution in [0.3, 0.4) is 0 Å². The molecule has 9 aromatic rings. The Kier molecular flexibility index (Phi) is 7.03. The maximum absolute atomic E-state index is 5.27. The minimum atomic E-state index is 0.705. The lowest BCUT2D eigenvalue weighted by Gasteiger charge is -2.13. The smallest absolute Gasteiger partial charge is 0.160 e. The van der Waals surface area contributed by atoms with Gasteiger partial charge in [0.05, 0.1) is 34.3 Å². The first-order chi connectivity index (χ1) is 24.1. The second-order valence-electron chi connectivity index (χ2n) is 12.5. The topological polar surface area (TPSA) is 64.5 Å². The van der Waals surface area contributed by atoms with E-state index in [4.69, 9.17) is 19.3 Å². The molecule has 0 radical (unpaired) electrons. The fraction of sp³-hybridized carbons (Fsp3) is 0.0465. The molecule has 3 heterocycles. The van der Waals surface area contributed by atoms with Crippen LogP contribution in [0.1, 0.15) is 11.1 Å². The number of aryl methyl sites for hydroxylation is 2. The van der Waals surface area contributed by atoms with E-state index in [1.165, 1.54) is 22.9 Å². The molecular formula is C43H29N5S. The van der Waals surface area contributed by atoms with Crippen LogP contribution < -0.4 is 0 Å². The molecule has 0 saturated carbocycles. The van der Waals surface area contributed by atoms with Crippen molar-refractivity contribution in [1.29, 1.82) is 0 Å². The Balaban J connectivity index is 1.20. The number of hydrogen-bond acceptors (Lipinski definition) is 6. The summed E-state index contributed by atoms with van der Waals surface area (Å²) in [6.07, 6.45) is 0. The molecule has 5 nitrogen and oxygen atoms in total. The Morgan fingerprint density at radius 2 is 1.06 bits per heavy atom. The predicted octanol–water partition coefficient (Wildman–Crippen LogP) is 11.1. The molecular weight excluding hydrogens is 619 g/mol. The molecule has 0 aliphatic carbocycles. The van der Waals surface area contributed by atoms with Gasteiger partial charge in [0.1, 0.15) is 11.0 Å². The molecule has 0 spiro atoms. The van der Waals surface area contributed by atoms with E-state index in [9.17, 15) is 0 Å². The lowest BCUT2D eigenvalue weighted by atomic mass is 9.96. The summed E-state index contributed by atoms with van der Waals surface area (Å²) in [5.41, 5.74) is 14.2. The first-order valence-corrected chi connectivity index (χ1v) is 17.0. The summed E-state index contributed by atoms with van der Waals surface area (Å²) in [4.78, 5) is 15.4. The van der Waals surface area contributed by atoms with E-state index < -0.39 is 0 Å². The zero-order valence-electron chi connectivity index (χ0n) is 26.9. The molecule has 0 saturated heterocycles. The minimum Gasteiger partial charge on any atom is -0.247 e. The summed E-state index contributed by atoms with van der Waals surface area (Å²) >= 11 is 1.25. The van der Waals surface area contributed by atoms with Gasteiger partial charge in [-0.2, -0.15) is 8.75 Å². The molecule has 9 rings (SSSR count). The van der Waals surface area contributed by atoms with Crippen molar-refractivity contribution >= 4 is 44.4 Å². The van der Waals surface area contributed by atoms with Gasteiger partial charge in [0.15, 0.2) is 5.82 Å². The Hall–Kier alpha value is -6.11. The van der Waals surface area contributed by atoms with E-state index in [1.807, 2.05) is 12.1 Å². The number of rotatable bonds is 5. The zero-order chi connectivity index (χ0) is 32.9. The lowest BCUT2D eigenvalue weighted by molar-refractivity contribution is 1.18. The number of fused-ring (bicyclic) bond motifs is 5. The van der Waals surface area contributed by atoms with Crippen LogP contribution in [-0.2, 0) is 0 Å². The number of nitrogens with zero attached hydrogens (tertiary/aromatic N) is 5. The van der Waals surface area contributed by atoms with Gasteiger partial charge in [0.25, 0.3) is 0 Å². The third kappa shape index (κ3) is 5.32. The number of aromatic nitrogens is 5. The lowest BCUT2D eigenvalue weighted by Crippen LogP contribution is -1.96. The van der Waals surface area contributed by atoms with Crippen LogP contribution in [-0.4, -0.2) is 23.7 Å². The molecule has 0 aliphatic rings. The molecule has 6 heteroatoms. The van der Waals surface area contributed by atoms with Gasteiger partial charge in [0.2, 0.25) is 0 Å². The van der Waals surface area contributed by atoms with Gasteiger partial charge >= 0.3 is 0 Å². The van der Waals surface area contributed by atoms with Gasteiger partial charge < -0.3 is 0 Å². The zero-order valence-corrected chi connectivity index (χ0v) is 27.7. The molecule has 49 heavy (non-hydrogen) atoms. The molecule has 3 aromatic heterocycles. The number of hydrogen-bond donors (Lipinski definition) is 0. The first-order valence-electron chi connectivity index (χ1n) is 16.3. The summed E-state index contributed by atoms with van der Waals surface area (Å²) in [5, 5.41) is 3.23. The summed E-state index contributed by atoms with van der Waals surface area (Å²) in [6.45, 7) is 4.19. The Morgan fingerprint density at radius 3 is 1.84 bits per heavy atom. The molecule has 0 N–H and O–H groups in total. The average Bonchev–Trinajstić information content (AvgIpc) is 3.64. The molecule has 0 atom stereocenters. The molecule has 0 amide bonds. The standard InChI is InChI=1S/C43H29N5S/c1-26-11-15-28(16-12-26)37-25-38(46-43(45-37)30-17-13-27(2)14-18-30)33-10-6-9-31(23-33)32-19-20-34-39(24-32)44-41(29-7-4-3-5-8-29)35-21-22-36-42(40(34)35)48-49-47-36/h3-25H,1-2H3. The van der Waals surface area contributed by atoms with Gasteiger partial charge in [-0.3, -0.25) is 0 Å². The van der Waals surface area contributed by atoms with Gasteiger partial charge in [-0.05, 0) is 55.3 Å². The molecule has 0 fully saturated rings. The Labute approximate surface area is 288 Å². The van der Waals surface area contributed by atoms with Crippen LogP contribution in [0.4, 0.5) is 0 Å². The SMILES string of the molecule is Cc1ccc(-c2cc(-c3cccc(-c4ccc5c(c4)nc(-c4ccccc4)c4ccc6nsnc6c45)c3)nc(-c3ccc(C)cc3)n2)cc1. The summed E-state index contributed by atoms with van der Waals surface area (Å²) < 4.78 is 9.25. The molecule has 232 valence electrons. The second-order valence-corrected chi connectivity index (χ2v) is 13.0. The van der Waals surface area contributed by atoms with E-state index in [1.54, 1.807) is 0 Å². The summed E-state index contributed by atoms with van der Waals surface area (Å²) in [7, 11) is 0. The number of pyridine rings is 1.